The van der Waals surface area contributed by atoms with Crippen LogP contribution in [0, 0.1) is 5.92 Å². The molecule has 0 aromatic heterocycles. The fraction of sp³-hybridized carbons (Fsp3) is 1.00. The van der Waals surface area contributed by atoms with Crippen molar-refractivity contribution in [3.05, 3.63) is 0 Å². The molecule has 0 saturated heterocycles. The smallest absolute Gasteiger partial charge is 0.0837 e. The molecular formula is C6H9Br3. The summed E-state index contributed by atoms with van der Waals surface area (Å²) in [6.07, 6.45) is 3.92. The molecule has 3 heteroatoms. The lowest BCUT2D eigenvalue weighted by molar-refractivity contribution is 0.715. The van der Waals surface area contributed by atoms with Gasteiger partial charge >= 0.3 is 0 Å². The summed E-state index contributed by atoms with van der Waals surface area (Å²) in [5.41, 5.74) is 0. The van der Waals surface area contributed by atoms with Gasteiger partial charge in [-0.25, -0.2) is 0 Å². The van der Waals surface area contributed by atoms with E-state index in [0.717, 1.165) is 11.2 Å². The molecule has 1 saturated carbocycles. The van der Waals surface area contributed by atoms with Crippen LogP contribution < -0.4 is 0 Å². The first-order chi connectivity index (χ1) is 4.17. The van der Waals surface area contributed by atoms with Crippen LogP contribution in [0.3, 0.4) is 0 Å². The summed E-state index contributed by atoms with van der Waals surface area (Å²) in [6, 6.07) is 0. The molecule has 1 aliphatic rings. The van der Waals surface area contributed by atoms with E-state index in [0.29, 0.717) is 3.23 Å². The first-order valence-electron chi connectivity index (χ1n) is 3.10. The minimum atomic E-state index is 0.322. The van der Waals surface area contributed by atoms with E-state index < -0.39 is 0 Å². The van der Waals surface area contributed by atoms with Crippen molar-refractivity contribution in [3.8, 4) is 0 Å². The monoisotopic (exact) mass is 318 g/mol. The Labute approximate surface area is 81.2 Å². The Balaban J connectivity index is 2.06. The van der Waals surface area contributed by atoms with Crippen LogP contribution in [0.15, 0.2) is 0 Å². The third kappa shape index (κ3) is 2.51. The first kappa shape index (κ1) is 8.54. The second-order valence-corrected chi connectivity index (χ2v) is 7.18. The average molecular weight is 321 g/mol. The van der Waals surface area contributed by atoms with Gasteiger partial charge < -0.3 is 0 Å². The highest BCUT2D eigenvalue weighted by Gasteiger charge is 2.49. The summed E-state index contributed by atoms with van der Waals surface area (Å²) in [5.74, 6) is 0.870. The lowest BCUT2D eigenvalue weighted by Gasteiger charge is -1.96. The summed E-state index contributed by atoms with van der Waals surface area (Å²) >= 11 is 10.6. The molecule has 0 nitrogen and oxygen atoms in total. The van der Waals surface area contributed by atoms with Crippen LogP contribution in [0.1, 0.15) is 19.3 Å². The van der Waals surface area contributed by atoms with Gasteiger partial charge in [-0.05, 0) is 25.2 Å². The van der Waals surface area contributed by atoms with Gasteiger partial charge in [0.25, 0.3) is 0 Å². The van der Waals surface area contributed by atoms with Crippen LogP contribution >= 0.6 is 47.8 Å². The maximum atomic E-state index is 3.58. The average Bonchev–Trinajstić information content (AvgIpc) is 2.35. The van der Waals surface area contributed by atoms with Crippen molar-refractivity contribution in [2.45, 2.75) is 22.5 Å². The highest BCUT2D eigenvalue weighted by Crippen LogP contribution is 2.58. The van der Waals surface area contributed by atoms with Crippen molar-refractivity contribution in [2.24, 2.45) is 5.92 Å². The lowest BCUT2D eigenvalue weighted by Crippen LogP contribution is -1.88. The van der Waals surface area contributed by atoms with Crippen molar-refractivity contribution >= 4 is 47.8 Å². The second kappa shape index (κ2) is 3.22. The van der Waals surface area contributed by atoms with E-state index in [1.54, 1.807) is 0 Å². The molecule has 1 rings (SSSR count). The number of alkyl halides is 3. The summed E-state index contributed by atoms with van der Waals surface area (Å²) in [5, 5.41) is 1.14. The van der Waals surface area contributed by atoms with Gasteiger partial charge in [-0.1, -0.05) is 47.8 Å². The van der Waals surface area contributed by atoms with Crippen LogP contribution in [-0.4, -0.2) is 8.56 Å². The maximum absolute atomic E-state index is 3.58. The van der Waals surface area contributed by atoms with Crippen LogP contribution in [-0.2, 0) is 0 Å². The molecule has 1 fully saturated rings. The zero-order valence-electron chi connectivity index (χ0n) is 5.04. The summed E-state index contributed by atoms with van der Waals surface area (Å²) in [4.78, 5) is 0. The molecular weight excluding hydrogens is 312 g/mol. The van der Waals surface area contributed by atoms with Gasteiger partial charge in [0.1, 0.15) is 0 Å². The molecule has 0 amide bonds. The molecule has 0 aromatic rings. The van der Waals surface area contributed by atoms with E-state index in [1.165, 1.54) is 19.3 Å². The number of hydrogen-bond acceptors (Lipinski definition) is 0. The molecule has 54 valence electrons. The van der Waals surface area contributed by atoms with Crippen LogP contribution in [0.5, 0.6) is 0 Å². The van der Waals surface area contributed by atoms with Crippen molar-refractivity contribution < 1.29 is 0 Å². The van der Waals surface area contributed by atoms with Crippen LogP contribution in [0.2, 0.25) is 0 Å². The fourth-order valence-electron chi connectivity index (χ4n) is 0.906. The zero-order chi connectivity index (χ0) is 6.91. The Hall–Kier alpha value is 1.44. The van der Waals surface area contributed by atoms with Gasteiger partial charge in [-0.15, -0.1) is 0 Å². The van der Waals surface area contributed by atoms with E-state index >= 15 is 0 Å². The molecule has 0 heterocycles. The molecule has 0 radical (unpaired) electrons. The molecule has 1 atom stereocenters. The summed E-state index contributed by atoms with van der Waals surface area (Å²) in [6.45, 7) is 0. The van der Waals surface area contributed by atoms with Crippen molar-refractivity contribution in [1.82, 2.24) is 0 Å². The van der Waals surface area contributed by atoms with Crippen molar-refractivity contribution in [1.29, 1.82) is 0 Å². The van der Waals surface area contributed by atoms with Crippen LogP contribution in [0.25, 0.3) is 0 Å². The molecule has 0 aliphatic heterocycles. The van der Waals surface area contributed by atoms with E-state index in [-0.39, 0.29) is 0 Å². The van der Waals surface area contributed by atoms with Gasteiger partial charge in [-0.3, -0.25) is 0 Å². The van der Waals surface area contributed by atoms with E-state index in [2.05, 4.69) is 47.8 Å². The Morgan fingerprint density at radius 1 is 1.44 bits per heavy atom. The molecule has 0 spiro atoms. The second-order valence-electron chi connectivity index (χ2n) is 2.49. The highest BCUT2D eigenvalue weighted by molar-refractivity contribution is 9.25. The van der Waals surface area contributed by atoms with Gasteiger partial charge in [-0.2, -0.15) is 0 Å². The Kier molecular flexibility index (Phi) is 3.06. The van der Waals surface area contributed by atoms with E-state index in [9.17, 15) is 0 Å². The number of halogens is 3. The topological polar surface area (TPSA) is 0 Å². The highest BCUT2D eigenvalue weighted by atomic mass is 79.9. The largest absolute Gasteiger partial charge is 0.0928 e. The Morgan fingerprint density at radius 2 is 2.00 bits per heavy atom. The third-order valence-electron chi connectivity index (χ3n) is 1.64. The number of rotatable bonds is 3. The molecule has 1 unspecified atom stereocenters. The summed E-state index contributed by atoms with van der Waals surface area (Å²) < 4.78 is 0.322. The SMILES string of the molecule is BrCCCC1CC1(Br)Br. The molecule has 9 heavy (non-hydrogen) atoms. The number of hydrogen-bond donors (Lipinski definition) is 0. The minimum Gasteiger partial charge on any atom is -0.0928 e. The third-order valence-corrected chi connectivity index (χ3v) is 4.15. The standard InChI is InChI=1S/C6H9Br3/c7-3-1-2-5-4-6(5,8)9/h5H,1-4H2. The fourth-order valence-corrected chi connectivity index (χ4v) is 2.47. The first-order valence-corrected chi connectivity index (χ1v) is 5.81. The normalized spacial score (nSPS) is 30.3. The van der Waals surface area contributed by atoms with Crippen molar-refractivity contribution in [3.63, 3.8) is 0 Å². The molecule has 0 aromatic carbocycles. The quantitative estimate of drug-likeness (QED) is 0.696. The summed E-state index contributed by atoms with van der Waals surface area (Å²) in [7, 11) is 0. The minimum absolute atomic E-state index is 0.322. The molecule has 1 aliphatic carbocycles. The van der Waals surface area contributed by atoms with Gasteiger partial charge in [0, 0.05) is 5.33 Å². The Morgan fingerprint density at radius 3 is 2.33 bits per heavy atom. The van der Waals surface area contributed by atoms with Crippen molar-refractivity contribution in [2.75, 3.05) is 5.33 Å². The van der Waals surface area contributed by atoms with E-state index in [1.807, 2.05) is 0 Å². The zero-order valence-corrected chi connectivity index (χ0v) is 9.80. The van der Waals surface area contributed by atoms with E-state index in [4.69, 9.17) is 0 Å². The lowest BCUT2D eigenvalue weighted by atomic mass is 10.2. The molecule has 0 N–H and O–H groups in total. The maximum Gasteiger partial charge on any atom is 0.0837 e. The van der Waals surface area contributed by atoms with Gasteiger partial charge in [0.2, 0.25) is 0 Å². The predicted molar refractivity (Wildman–Crippen MR) is 51.7 cm³/mol. The molecule has 0 bridgehead atoms. The van der Waals surface area contributed by atoms with Crippen LogP contribution in [0.4, 0.5) is 0 Å². The van der Waals surface area contributed by atoms with Gasteiger partial charge in [0.05, 0.1) is 3.23 Å². The predicted octanol–water partition coefficient (Wildman–Crippen LogP) is 3.67. The van der Waals surface area contributed by atoms with Gasteiger partial charge in [0.15, 0.2) is 0 Å². The Bertz CT molecular complexity index is 100.